The van der Waals surface area contributed by atoms with E-state index in [-0.39, 0.29) is 0 Å². The van der Waals surface area contributed by atoms with Crippen LogP contribution in [-0.2, 0) is 8.85 Å². The van der Waals surface area contributed by atoms with E-state index >= 15 is 0 Å². The molecule has 0 aliphatic heterocycles. The van der Waals surface area contributed by atoms with Crippen molar-refractivity contribution in [1.82, 2.24) is 0 Å². The molecule has 0 N–H and O–H groups in total. The van der Waals surface area contributed by atoms with Crippen molar-refractivity contribution in [3.05, 3.63) is 12.7 Å². The Morgan fingerprint density at radius 2 is 1.53 bits per heavy atom. The van der Waals surface area contributed by atoms with Crippen molar-refractivity contribution in [3.63, 3.8) is 0 Å². The lowest BCUT2D eigenvalue weighted by molar-refractivity contribution is 0.194. The SMILES string of the molecule is C=CCO[Si](OC)(C1CCCC1)C1CCCC1. The van der Waals surface area contributed by atoms with E-state index in [4.69, 9.17) is 8.85 Å². The van der Waals surface area contributed by atoms with Crippen LogP contribution in [0.15, 0.2) is 12.7 Å². The van der Waals surface area contributed by atoms with Crippen LogP contribution in [0.3, 0.4) is 0 Å². The average molecular weight is 254 g/mol. The zero-order valence-electron chi connectivity index (χ0n) is 11.1. The van der Waals surface area contributed by atoms with E-state index < -0.39 is 8.56 Å². The topological polar surface area (TPSA) is 18.5 Å². The smallest absolute Gasteiger partial charge is 0.344 e. The fourth-order valence-electron chi connectivity index (χ4n) is 3.81. The van der Waals surface area contributed by atoms with Gasteiger partial charge in [-0.2, -0.15) is 0 Å². The molecule has 2 saturated carbocycles. The van der Waals surface area contributed by atoms with Gasteiger partial charge >= 0.3 is 8.56 Å². The maximum absolute atomic E-state index is 6.29. The van der Waals surface area contributed by atoms with Gasteiger partial charge in [0.1, 0.15) is 0 Å². The van der Waals surface area contributed by atoms with Gasteiger partial charge in [-0.05, 0) is 25.7 Å². The van der Waals surface area contributed by atoms with Crippen molar-refractivity contribution < 1.29 is 8.85 Å². The van der Waals surface area contributed by atoms with Gasteiger partial charge in [0, 0.05) is 18.2 Å². The van der Waals surface area contributed by atoms with Crippen LogP contribution in [0.25, 0.3) is 0 Å². The minimum Gasteiger partial charge on any atom is -0.397 e. The Kier molecular flexibility index (Phi) is 4.83. The van der Waals surface area contributed by atoms with Crippen LogP contribution in [0.1, 0.15) is 51.4 Å². The highest BCUT2D eigenvalue weighted by molar-refractivity contribution is 6.70. The van der Waals surface area contributed by atoms with E-state index in [0.29, 0.717) is 6.61 Å². The van der Waals surface area contributed by atoms with Crippen molar-refractivity contribution in [2.45, 2.75) is 62.4 Å². The summed E-state index contributed by atoms with van der Waals surface area (Å²) in [5, 5.41) is 0. The Balaban J connectivity index is 2.13. The average Bonchev–Trinajstić information content (AvgIpc) is 3.04. The molecule has 0 saturated heterocycles. The first kappa shape index (κ1) is 13.3. The van der Waals surface area contributed by atoms with E-state index in [9.17, 15) is 0 Å². The second-order valence-electron chi connectivity index (χ2n) is 5.49. The van der Waals surface area contributed by atoms with E-state index in [0.717, 1.165) is 11.1 Å². The summed E-state index contributed by atoms with van der Waals surface area (Å²) in [5.74, 6) is 0. The molecule has 0 bridgehead atoms. The van der Waals surface area contributed by atoms with Gasteiger partial charge in [-0.1, -0.05) is 31.8 Å². The predicted octanol–water partition coefficient (Wildman–Crippen LogP) is 4.17. The van der Waals surface area contributed by atoms with Gasteiger partial charge in [0.05, 0.1) is 6.61 Å². The molecule has 2 aliphatic rings. The van der Waals surface area contributed by atoms with Crippen molar-refractivity contribution >= 4 is 8.56 Å². The molecule has 2 rings (SSSR count). The Bertz CT molecular complexity index is 227. The van der Waals surface area contributed by atoms with Crippen LogP contribution in [-0.4, -0.2) is 22.3 Å². The summed E-state index contributed by atoms with van der Waals surface area (Å²) in [6.07, 6.45) is 12.7. The van der Waals surface area contributed by atoms with Gasteiger partial charge in [-0.3, -0.25) is 0 Å². The van der Waals surface area contributed by atoms with Crippen molar-refractivity contribution in [3.8, 4) is 0 Å². The molecule has 17 heavy (non-hydrogen) atoms. The third-order valence-corrected chi connectivity index (χ3v) is 9.28. The zero-order valence-corrected chi connectivity index (χ0v) is 12.1. The van der Waals surface area contributed by atoms with E-state index in [1.807, 2.05) is 13.2 Å². The minimum absolute atomic E-state index is 0.674. The van der Waals surface area contributed by atoms with Crippen molar-refractivity contribution in [2.75, 3.05) is 13.7 Å². The standard InChI is InChI=1S/C14H26O2Si/c1-3-12-16-17(15-2,13-8-4-5-9-13)14-10-6-7-11-14/h3,13-14H,1,4-12H2,2H3. The summed E-state index contributed by atoms with van der Waals surface area (Å²) < 4.78 is 12.4. The maximum atomic E-state index is 6.29. The molecule has 0 atom stereocenters. The van der Waals surface area contributed by atoms with Gasteiger partial charge in [0.2, 0.25) is 0 Å². The summed E-state index contributed by atoms with van der Waals surface area (Å²) in [4.78, 5) is 0. The molecule has 3 heteroatoms. The third kappa shape index (κ3) is 2.66. The van der Waals surface area contributed by atoms with Crippen molar-refractivity contribution in [2.24, 2.45) is 0 Å². The molecule has 0 amide bonds. The monoisotopic (exact) mass is 254 g/mol. The molecule has 0 aromatic heterocycles. The van der Waals surface area contributed by atoms with Gasteiger partial charge in [-0.15, -0.1) is 6.58 Å². The van der Waals surface area contributed by atoms with Crippen LogP contribution in [0.2, 0.25) is 11.1 Å². The summed E-state index contributed by atoms with van der Waals surface area (Å²) in [7, 11) is -0.101. The Hall–Kier alpha value is -0.123. The number of hydrogen-bond acceptors (Lipinski definition) is 2. The van der Waals surface area contributed by atoms with Gasteiger partial charge in [0.25, 0.3) is 0 Å². The summed E-state index contributed by atoms with van der Waals surface area (Å²) >= 11 is 0. The summed E-state index contributed by atoms with van der Waals surface area (Å²) in [6, 6.07) is 0. The molecule has 0 aromatic carbocycles. The molecular weight excluding hydrogens is 228 g/mol. The lowest BCUT2D eigenvalue weighted by Gasteiger charge is -2.38. The largest absolute Gasteiger partial charge is 0.397 e. The number of rotatable bonds is 6. The van der Waals surface area contributed by atoms with Crippen LogP contribution in [0.5, 0.6) is 0 Å². The molecule has 0 heterocycles. The highest BCUT2D eigenvalue weighted by Gasteiger charge is 2.52. The van der Waals surface area contributed by atoms with Crippen molar-refractivity contribution in [1.29, 1.82) is 0 Å². The minimum atomic E-state index is -2.00. The van der Waals surface area contributed by atoms with Gasteiger partial charge in [0.15, 0.2) is 0 Å². The fourth-order valence-corrected chi connectivity index (χ4v) is 8.53. The summed E-state index contributed by atoms with van der Waals surface area (Å²) in [5.41, 5.74) is 1.46. The maximum Gasteiger partial charge on any atom is 0.344 e. The third-order valence-electron chi connectivity index (χ3n) is 4.59. The highest BCUT2D eigenvalue weighted by Crippen LogP contribution is 2.50. The van der Waals surface area contributed by atoms with Gasteiger partial charge < -0.3 is 8.85 Å². The second-order valence-corrected chi connectivity index (χ2v) is 9.26. The predicted molar refractivity (Wildman–Crippen MR) is 73.3 cm³/mol. The molecule has 2 aliphatic carbocycles. The lowest BCUT2D eigenvalue weighted by Crippen LogP contribution is -2.49. The van der Waals surface area contributed by atoms with E-state index in [2.05, 4.69) is 6.58 Å². The highest BCUT2D eigenvalue weighted by atomic mass is 28.4. The van der Waals surface area contributed by atoms with Crippen LogP contribution in [0.4, 0.5) is 0 Å². The molecule has 0 radical (unpaired) electrons. The Labute approximate surface area is 107 Å². The fraction of sp³-hybridized carbons (Fsp3) is 0.857. The first-order chi connectivity index (χ1) is 8.33. The Morgan fingerprint density at radius 3 is 1.88 bits per heavy atom. The molecule has 0 unspecified atom stereocenters. The van der Waals surface area contributed by atoms with Gasteiger partial charge in [-0.25, -0.2) is 0 Å². The zero-order chi connectivity index (χ0) is 12.1. The summed E-state index contributed by atoms with van der Waals surface area (Å²) in [6.45, 7) is 4.47. The number of hydrogen-bond donors (Lipinski definition) is 0. The van der Waals surface area contributed by atoms with E-state index in [1.165, 1.54) is 51.4 Å². The first-order valence-electron chi connectivity index (χ1n) is 7.13. The van der Waals surface area contributed by atoms with E-state index in [1.54, 1.807) is 0 Å². The molecule has 0 aromatic rings. The van der Waals surface area contributed by atoms with Crippen LogP contribution in [0, 0.1) is 0 Å². The normalized spacial score (nSPS) is 23.4. The Morgan fingerprint density at radius 1 is 1.06 bits per heavy atom. The molecule has 2 nitrogen and oxygen atoms in total. The quantitative estimate of drug-likeness (QED) is 0.523. The second kappa shape index (κ2) is 6.16. The molecular formula is C14H26O2Si. The molecule has 98 valence electrons. The molecule has 0 spiro atoms. The molecule has 2 fully saturated rings. The van der Waals surface area contributed by atoms with Crippen LogP contribution < -0.4 is 0 Å². The van der Waals surface area contributed by atoms with Crippen LogP contribution >= 0.6 is 0 Å². The lowest BCUT2D eigenvalue weighted by atomic mass is 10.3. The first-order valence-corrected chi connectivity index (χ1v) is 9.10.